The van der Waals surface area contributed by atoms with Crippen molar-refractivity contribution in [1.82, 2.24) is 19.6 Å². The van der Waals surface area contributed by atoms with Crippen LogP contribution in [-0.2, 0) is 16.9 Å². The van der Waals surface area contributed by atoms with Crippen LogP contribution in [0, 0.1) is 15.9 Å². The first-order chi connectivity index (χ1) is 12.8. The number of halogens is 1. The molecule has 1 aromatic carbocycles. The van der Waals surface area contributed by atoms with Gasteiger partial charge in [-0.05, 0) is 31.5 Å². The molecular weight excluding hydrogens is 355 g/mol. The van der Waals surface area contributed by atoms with E-state index in [-0.39, 0.29) is 11.5 Å². The van der Waals surface area contributed by atoms with E-state index in [2.05, 4.69) is 15.5 Å². The van der Waals surface area contributed by atoms with E-state index in [1.807, 2.05) is 0 Å². The van der Waals surface area contributed by atoms with Crippen molar-refractivity contribution in [1.29, 1.82) is 0 Å². The fourth-order valence-electron chi connectivity index (χ4n) is 2.39. The van der Waals surface area contributed by atoms with E-state index < -0.39 is 16.4 Å². The summed E-state index contributed by atoms with van der Waals surface area (Å²) in [6, 6.07) is 6.05. The Kier molecular flexibility index (Phi) is 4.72. The first kappa shape index (κ1) is 18.2. The summed E-state index contributed by atoms with van der Waals surface area (Å²) in [4.78, 5) is 22.8. The van der Waals surface area contributed by atoms with E-state index in [0.29, 0.717) is 12.2 Å². The number of amides is 1. The second-order valence-electron chi connectivity index (χ2n) is 6.47. The molecule has 0 saturated carbocycles. The predicted molar refractivity (Wildman–Crippen MR) is 94.6 cm³/mol. The third-order valence-corrected chi connectivity index (χ3v) is 4.06. The minimum atomic E-state index is -1.15. The summed E-state index contributed by atoms with van der Waals surface area (Å²) in [5.41, 5.74) is -0.00534. The molecule has 0 aliphatic rings. The number of hydrogen-bond donors (Lipinski definition) is 1. The first-order valence-corrected chi connectivity index (χ1v) is 8.03. The van der Waals surface area contributed by atoms with Gasteiger partial charge >= 0.3 is 5.69 Å². The summed E-state index contributed by atoms with van der Waals surface area (Å²) in [5.74, 6) is -0.713. The first-order valence-electron chi connectivity index (χ1n) is 8.03. The fourth-order valence-corrected chi connectivity index (χ4v) is 2.39. The lowest BCUT2D eigenvalue weighted by Crippen LogP contribution is -2.40. The maximum atomic E-state index is 13.0. The number of anilines is 1. The highest BCUT2D eigenvalue weighted by molar-refractivity contribution is 5.95. The van der Waals surface area contributed by atoms with Gasteiger partial charge in [-0.25, -0.2) is 4.39 Å². The van der Waals surface area contributed by atoms with Crippen molar-refractivity contribution in [3.05, 3.63) is 70.5 Å². The lowest BCUT2D eigenvalue weighted by molar-refractivity contribution is -0.385. The predicted octanol–water partition coefficient (Wildman–Crippen LogP) is 2.55. The number of carbonyl (C=O) groups excluding carboxylic acids is 1. The van der Waals surface area contributed by atoms with Crippen molar-refractivity contribution in [2.24, 2.45) is 0 Å². The van der Waals surface area contributed by atoms with E-state index in [9.17, 15) is 19.3 Å². The van der Waals surface area contributed by atoms with Crippen LogP contribution in [0.25, 0.3) is 0 Å². The quantitative estimate of drug-likeness (QED) is 0.528. The zero-order chi connectivity index (χ0) is 19.6. The molecule has 0 radical (unpaired) electrons. The van der Waals surface area contributed by atoms with Crippen molar-refractivity contribution in [2.45, 2.75) is 25.9 Å². The van der Waals surface area contributed by atoms with Crippen LogP contribution in [0.3, 0.4) is 0 Å². The average Bonchev–Trinajstić information content (AvgIpc) is 3.27. The number of carbonyl (C=O) groups is 1. The van der Waals surface area contributed by atoms with Gasteiger partial charge in [0.1, 0.15) is 23.7 Å². The molecule has 2 aromatic heterocycles. The van der Waals surface area contributed by atoms with Gasteiger partial charge in [-0.1, -0.05) is 12.1 Å². The molecule has 27 heavy (non-hydrogen) atoms. The molecule has 0 spiro atoms. The van der Waals surface area contributed by atoms with Gasteiger partial charge in [0.05, 0.1) is 23.4 Å². The molecule has 2 heterocycles. The smallest absolute Gasteiger partial charge is 0.307 e. The summed E-state index contributed by atoms with van der Waals surface area (Å²) in [6.45, 7) is 3.62. The minimum absolute atomic E-state index is 0.192. The van der Waals surface area contributed by atoms with Crippen molar-refractivity contribution < 1.29 is 14.1 Å². The standard InChI is InChI=1S/C17H17FN6O3/c1-17(2,23-11-15(8-20-23)24(26)27)16(25)21-14-7-19-22(10-14)9-12-3-5-13(18)6-4-12/h3-8,10-11H,9H2,1-2H3,(H,21,25). The van der Waals surface area contributed by atoms with Gasteiger partial charge in [-0.3, -0.25) is 24.3 Å². The summed E-state index contributed by atoms with van der Waals surface area (Å²) < 4.78 is 15.8. The van der Waals surface area contributed by atoms with Gasteiger partial charge in [0.25, 0.3) is 5.91 Å². The van der Waals surface area contributed by atoms with Gasteiger partial charge in [0, 0.05) is 6.20 Å². The van der Waals surface area contributed by atoms with Crippen LogP contribution in [0.1, 0.15) is 19.4 Å². The maximum absolute atomic E-state index is 13.0. The molecule has 3 rings (SSSR count). The lowest BCUT2D eigenvalue weighted by Gasteiger charge is -2.23. The maximum Gasteiger partial charge on any atom is 0.307 e. The van der Waals surface area contributed by atoms with Crippen LogP contribution >= 0.6 is 0 Å². The number of rotatable bonds is 6. The van der Waals surface area contributed by atoms with Crippen LogP contribution in [0.2, 0.25) is 0 Å². The molecule has 1 amide bonds. The van der Waals surface area contributed by atoms with Gasteiger partial charge in [-0.15, -0.1) is 0 Å². The van der Waals surface area contributed by atoms with Gasteiger partial charge in [-0.2, -0.15) is 10.2 Å². The minimum Gasteiger partial charge on any atom is -0.321 e. The zero-order valence-corrected chi connectivity index (χ0v) is 14.7. The number of nitrogens with zero attached hydrogens (tertiary/aromatic N) is 5. The highest BCUT2D eigenvalue weighted by atomic mass is 19.1. The van der Waals surface area contributed by atoms with Crippen LogP contribution in [0.4, 0.5) is 15.8 Å². The molecule has 3 aromatic rings. The third-order valence-electron chi connectivity index (χ3n) is 4.06. The molecule has 0 bridgehead atoms. The van der Waals surface area contributed by atoms with Crippen LogP contribution < -0.4 is 5.32 Å². The van der Waals surface area contributed by atoms with E-state index in [0.717, 1.165) is 11.8 Å². The molecule has 0 atom stereocenters. The molecule has 0 saturated heterocycles. The number of benzene rings is 1. The second-order valence-corrected chi connectivity index (χ2v) is 6.47. The number of hydrogen-bond acceptors (Lipinski definition) is 5. The van der Waals surface area contributed by atoms with E-state index >= 15 is 0 Å². The lowest BCUT2D eigenvalue weighted by atomic mass is 10.1. The Morgan fingerprint density at radius 1 is 1.22 bits per heavy atom. The second kappa shape index (κ2) is 6.98. The van der Waals surface area contributed by atoms with Crippen molar-refractivity contribution in [2.75, 3.05) is 5.32 Å². The number of nitro groups is 1. The van der Waals surface area contributed by atoms with Gasteiger partial charge in [0.15, 0.2) is 0 Å². The van der Waals surface area contributed by atoms with Gasteiger partial charge < -0.3 is 5.32 Å². The average molecular weight is 372 g/mol. The SMILES string of the molecule is CC(C)(C(=O)Nc1cnn(Cc2ccc(F)cc2)c1)n1cc([N+](=O)[O-])cn1. The Balaban J connectivity index is 1.69. The van der Waals surface area contributed by atoms with Crippen LogP contribution in [-0.4, -0.2) is 30.4 Å². The highest BCUT2D eigenvalue weighted by Crippen LogP contribution is 2.20. The Bertz CT molecular complexity index is 977. The number of nitrogens with one attached hydrogen (secondary N) is 1. The van der Waals surface area contributed by atoms with Crippen molar-refractivity contribution >= 4 is 17.3 Å². The molecule has 0 unspecified atom stereocenters. The van der Waals surface area contributed by atoms with Crippen LogP contribution in [0.15, 0.2) is 49.1 Å². The molecule has 0 fully saturated rings. The van der Waals surface area contributed by atoms with Gasteiger partial charge in [0.2, 0.25) is 0 Å². The van der Waals surface area contributed by atoms with E-state index in [4.69, 9.17) is 0 Å². The summed E-state index contributed by atoms with van der Waals surface area (Å²) in [5, 5.41) is 21.6. The Labute approximate surface area is 153 Å². The Morgan fingerprint density at radius 3 is 2.56 bits per heavy atom. The molecule has 140 valence electrons. The summed E-state index contributed by atoms with van der Waals surface area (Å²) in [7, 11) is 0. The molecule has 10 heteroatoms. The topological polar surface area (TPSA) is 108 Å². The summed E-state index contributed by atoms with van der Waals surface area (Å²) in [6.07, 6.45) is 5.43. The monoisotopic (exact) mass is 372 g/mol. The Hall–Kier alpha value is -3.56. The molecule has 9 nitrogen and oxygen atoms in total. The van der Waals surface area contributed by atoms with Crippen molar-refractivity contribution in [3.63, 3.8) is 0 Å². The van der Waals surface area contributed by atoms with Crippen molar-refractivity contribution in [3.8, 4) is 0 Å². The fraction of sp³-hybridized carbons (Fsp3) is 0.235. The normalized spacial score (nSPS) is 11.4. The molecule has 0 aliphatic heterocycles. The largest absolute Gasteiger partial charge is 0.321 e. The highest BCUT2D eigenvalue weighted by Gasteiger charge is 2.32. The zero-order valence-electron chi connectivity index (χ0n) is 14.7. The van der Waals surface area contributed by atoms with Crippen LogP contribution in [0.5, 0.6) is 0 Å². The Morgan fingerprint density at radius 2 is 1.93 bits per heavy atom. The summed E-state index contributed by atoms with van der Waals surface area (Å²) >= 11 is 0. The third kappa shape index (κ3) is 4.00. The van der Waals surface area contributed by atoms with E-state index in [1.165, 1.54) is 29.2 Å². The van der Waals surface area contributed by atoms with E-state index in [1.54, 1.807) is 36.9 Å². The number of aromatic nitrogens is 4. The molecule has 0 aliphatic carbocycles. The molecule has 1 N–H and O–H groups in total. The molecular formula is C17H17FN6O3.